The predicted octanol–water partition coefficient (Wildman–Crippen LogP) is 4.26. The molecule has 6 nitrogen and oxygen atoms in total. The molecule has 2 heterocycles. The van der Waals surface area contributed by atoms with Crippen molar-refractivity contribution < 1.29 is 9.18 Å². The van der Waals surface area contributed by atoms with Gasteiger partial charge in [0.05, 0.1) is 16.8 Å². The van der Waals surface area contributed by atoms with Crippen LogP contribution in [-0.4, -0.2) is 20.3 Å². The molecule has 0 aliphatic carbocycles. The zero-order valence-corrected chi connectivity index (χ0v) is 18.2. The average molecular weight is 452 g/mol. The van der Waals surface area contributed by atoms with Gasteiger partial charge in [-0.2, -0.15) is 9.78 Å². The van der Waals surface area contributed by atoms with Crippen LogP contribution in [-0.2, 0) is 13.1 Å². The van der Waals surface area contributed by atoms with Gasteiger partial charge in [-0.05, 0) is 35.4 Å². The van der Waals surface area contributed by atoms with Gasteiger partial charge in [-0.3, -0.25) is 9.59 Å². The maximum Gasteiger partial charge on any atom is 0.282 e. The van der Waals surface area contributed by atoms with Crippen LogP contribution < -0.4 is 10.9 Å². The van der Waals surface area contributed by atoms with Crippen molar-refractivity contribution in [2.24, 2.45) is 0 Å². The number of amides is 1. The van der Waals surface area contributed by atoms with E-state index in [1.807, 2.05) is 53.1 Å². The van der Waals surface area contributed by atoms with E-state index >= 15 is 0 Å². The van der Waals surface area contributed by atoms with Crippen molar-refractivity contribution in [2.45, 2.75) is 13.1 Å². The Morgan fingerprint density at radius 2 is 1.53 bits per heavy atom. The van der Waals surface area contributed by atoms with Crippen LogP contribution in [0, 0.1) is 5.82 Å². The summed E-state index contributed by atoms with van der Waals surface area (Å²) >= 11 is 0. The Morgan fingerprint density at radius 3 is 2.24 bits per heavy atom. The molecule has 3 aromatic rings. The molecule has 0 saturated carbocycles. The molecule has 0 saturated heterocycles. The van der Waals surface area contributed by atoms with Crippen molar-refractivity contribution in [1.29, 1.82) is 0 Å². The third-order valence-electron chi connectivity index (χ3n) is 5.54. The number of hydrogen-bond acceptors (Lipinski definition) is 3. The zero-order valence-electron chi connectivity index (χ0n) is 18.2. The number of pyridine rings is 1. The van der Waals surface area contributed by atoms with Gasteiger partial charge in [-0.1, -0.05) is 60.7 Å². The summed E-state index contributed by atoms with van der Waals surface area (Å²) in [6.45, 7) is 0.711. The third kappa shape index (κ3) is 4.36. The monoisotopic (exact) mass is 452 g/mol. The number of nitrogens with zero attached hydrogens (tertiary/aromatic N) is 3. The largest absolute Gasteiger partial charge is 0.348 e. The van der Waals surface area contributed by atoms with Gasteiger partial charge in [0.2, 0.25) is 0 Å². The van der Waals surface area contributed by atoms with E-state index in [-0.39, 0.29) is 23.8 Å². The smallest absolute Gasteiger partial charge is 0.282 e. The van der Waals surface area contributed by atoms with Crippen LogP contribution >= 0.6 is 0 Å². The van der Waals surface area contributed by atoms with Crippen LogP contribution in [0.3, 0.4) is 0 Å². The highest BCUT2D eigenvalue weighted by atomic mass is 19.1. The Morgan fingerprint density at radius 1 is 0.853 bits per heavy atom. The second kappa shape index (κ2) is 9.15. The van der Waals surface area contributed by atoms with Gasteiger partial charge >= 0.3 is 0 Å². The molecule has 1 N–H and O–H groups in total. The molecule has 34 heavy (non-hydrogen) atoms. The quantitative estimate of drug-likeness (QED) is 0.419. The van der Waals surface area contributed by atoms with Crippen LogP contribution in [0.15, 0.2) is 102 Å². The summed E-state index contributed by atoms with van der Waals surface area (Å²) in [6.07, 6.45) is 3.44. The molecule has 168 valence electrons. The first-order valence-electron chi connectivity index (χ1n) is 10.8. The Hall–Kier alpha value is -4.52. The topological polar surface area (TPSA) is 68.9 Å². The van der Waals surface area contributed by atoms with Crippen molar-refractivity contribution in [1.82, 2.24) is 19.7 Å². The molecule has 3 aromatic carbocycles. The minimum Gasteiger partial charge on any atom is -0.348 e. The van der Waals surface area contributed by atoms with Crippen molar-refractivity contribution in [2.75, 3.05) is 0 Å². The van der Waals surface area contributed by atoms with Gasteiger partial charge in [0, 0.05) is 25.5 Å². The molecule has 5 rings (SSSR count). The number of hydrogen-bond donors (Lipinski definition) is 1. The van der Waals surface area contributed by atoms with Crippen LogP contribution in [0.4, 0.5) is 4.39 Å². The van der Waals surface area contributed by atoms with Gasteiger partial charge in [-0.15, -0.1) is 0 Å². The lowest BCUT2D eigenvalue weighted by molar-refractivity contribution is 0.0950. The normalized spacial score (nSPS) is 11.0. The molecule has 2 aliphatic heterocycles. The fourth-order valence-electron chi connectivity index (χ4n) is 3.84. The molecule has 2 aliphatic rings. The molecule has 0 unspecified atom stereocenters. The second-order valence-corrected chi connectivity index (χ2v) is 7.95. The molecule has 0 atom stereocenters. The fourth-order valence-corrected chi connectivity index (χ4v) is 3.84. The molecule has 0 fully saturated rings. The van der Waals surface area contributed by atoms with Crippen LogP contribution in [0.25, 0.3) is 16.9 Å². The molecule has 0 bridgehead atoms. The van der Waals surface area contributed by atoms with Crippen LogP contribution in [0.5, 0.6) is 0 Å². The predicted molar refractivity (Wildman–Crippen MR) is 128 cm³/mol. The number of rotatable bonds is 6. The highest BCUT2D eigenvalue weighted by Crippen LogP contribution is 2.23. The molecular weight excluding hydrogens is 431 g/mol. The van der Waals surface area contributed by atoms with E-state index in [1.54, 1.807) is 36.7 Å². The highest BCUT2D eigenvalue weighted by molar-refractivity contribution is 5.99. The minimum absolute atomic E-state index is 0.220. The number of halogens is 1. The first-order valence-corrected chi connectivity index (χ1v) is 10.8. The number of aromatic nitrogens is 3. The van der Waals surface area contributed by atoms with Gasteiger partial charge < -0.3 is 9.88 Å². The number of carbonyl (C=O) groups is 1. The Balaban J connectivity index is 1.55. The van der Waals surface area contributed by atoms with E-state index in [0.717, 1.165) is 11.1 Å². The molecule has 0 radical (unpaired) electrons. The summed E-state index contributed by atoms with van der Waals surface area (Å²) in [6, 6.07) is 24.8. The second-order valence-electron chi connectivity index (χ2n) is 7.95. The SMILES string of the molecule is O=C(NCc1ccc(F)cc1)c1cn(Cc2ccccc2)cc2c(=O)n(-c3ccccc3)nc1-2. The van der Waals surface area contributed by atoms with Gasteiger partial charge in [0.15, 0.2) is 0 Å². The number of nitrogens with one attached hydrogen (secondary N) is 1. The first kappa shape index (κ1) is 21.3. The van der Waals surface area contributed by atoms with E-state index in [1.165, 1.54) is 16.8 Å². The van der Waals surface area contributed by atoms with E-state index in [0.29, 0.717) is 29.1 Å². The zero-order chi connectivity index (χ0) is 23.5. The summed E-state index contributed by atoms with van der Waals surface area (Å²) in [4.78, 5) is 26.5. The molecule has 0 spiro atoms. The van der Waals surface area contributed by atoms with Gasteiger partial charge in [0.25, 0.3) is 11.5 Å². The minimum atomic E-state index is -0.366. The lowest BCUT2D eigenvalue weighted by Crippen LogP contribution is -2.25. The summed E-state index contributed by atoms with van der Waals surface area (Å²) in [5.74, 6) is -0.703. The summed E-state index contributed by atoms with van der Waals surface area (Å²) < 4.78 is 16.3. The Bertz CT molecular complexity index is 1460. The lowest BCUT2D eigenvalue weighted by atomic mass is 10.1. The standard InChI is InChI=1S/C27H21FN4O2/c28-21-13-11-19(12-14-21)15-29-26(33)23-17-31(16-20-7-3-1-4-8-20)18-24-25(23)30-32(27(24)34)22-9-5-2-6-10-22/h1-14,17-18H,15-16H2,(H,29,33). The highest BCUT2D eigenvalue weighted by Gasteiger charge is 2.24. The molecular formula is C27H21FN4O2. The van der Waals surface area contributed by atoms with Gasteiger partial charge in [0.1, 0.15) is 11.5 Å². The van der Waals surface area contributed by atoms with Crippen molar-refractivity contribution in [3.8, 4) is 16.9 Å². The molecule has 7 heteroatoms. The van der Waals surface area contributed by atoms with Crippen molar-refractivity contribution >= 4 is 5.91 Å². The van der Waals surface area contributed by atoms with Gasteiger partial charge in [-0.25, -0.2) is 4.39 Å². The van der Waals surface area contributed by atoms with E-state index in [2.05, 4.69) is 10.4 Å². The maximum absolute atomic E-state index is 13.2. The molecule has 1 amide bonds. The first-order chi connectivity index (χ1) is 16.6. The number of para-hydroxylation sites is 1. The third-order valence-corrected chi connectivity index (χ3v) is 5.54. The maximum atomic E-state index is 13.2. The van der Waals surface area contributed by atoms with Crippen molar-refractivity contribution in [3.05, 3.63) is 130 Å². The van der Waals surface area contributed by atoms with E-state index in [9.17, 15) is 14.0 Å². The number of benzene rings is 3. The summed E-state index contributed by atoms with van der Waals surface area (Å²) in [7, 11) is 0. The molecule has 0 aromatic heterocycles. The Labute approximate surface area is 195 Å². The van der Waals surface area contributed by atoms with Crippen LogP contribution in [0.2, 0.25) is 0 Å². The Kier molecular flexibility index (Phi) is 5.74. The van der Waals surface area contributed by atoms with Crippen LogP contribution in [0.1, 0.15) is 21.5 Å². The van der Waals surface area contributed by atoms with Crippen molar-refractivity contribution in [3.63, 3.8) is 0 Å². The number of carbonyl (C=O) groups excluding carboxylic acids is 1. The fraction of sp³-hybridized carbons (Fsp3) is 0.0741. The summed E-state index contributed by atoms with van der Waals surface area (Å²) in [5.41, 5.74) is 3.10. The van der Waals surface area contributed by atoms with E-state index < -0.39 is 0 Å². The lowest BCUT2D eigenvalue weighted by Gasteiger charge is -2.13. The number of fused-ring (bicyclic) bond motifs is 1. The summed E-state index contributed by atoms with van der Waals surface area (Å²) in [5, 5.41) is 7.36. The average Bonchev–Trinajstić information content (AvgIpc) is 3.20. The van der Waals surface area contributed by atoms with E-state index in [4.69, 9.17) is 0 Å².